The zero-order chi connectivity index (χ0) is 21.1. The lowest BCUT2D eigenvalue weighted by molar-refractivity contribution is 0.0748. The number of hydrogen-bond donors (Lipinski definition) is 1. The predicted molar refractivity (Wildman–Crippen MR) is 111 cm³/mol. The Hall–Kier alpha value is -2.93. The van der Waals surface area contributed by atoms with Crippen LogP contribution in [0.5, 0.6) is 5.75 Å². The normalized spacial score (nSPS) is 17.2. The fraction of sp³-hybridized carbons (Fsp3) is 0.409. The molecular formula is C22H28N4O3. The van der Waals surface area contributed by atoms with Gasteiger partial charge in [-0.1, -0.05) is 18.2 Å². The van der Waals surface area contributed by atoms with E-state index in [4.69, 9.17) is 10.5 Å². The van der Waals surface area contributed by atoms with Gasteiger partial charge in [-0.25, -0.2) is 4.79 Å². The van der Waals surface area contributed by atoms with Crippen molar-refractivity contribution < 1.29 is 14.3 Å². The first-order valence-corrected chi connectivity index (χ1v) is 9.78. The highest BCUT2D eigenvalue weighted by molar-refractivity contribution is 5.94. The van der Waals surface area contributed by atoms with Gasteiger partial charge in [0, 0.05) is 44.0 Å². The zero-order valence-corrected chi connectivity index (χ0v) is 17.4. The van der Waals surface area contributed by atoms with Crippen LogP contribution in [0.2, 0.25) is 0 Å². The molecule has 0 spiro atoms. The Kier molecular flexibility index (Phi) is 6.17. The monoisotopic (exact) mass is 396 g/mol. The highest BCUT2D eigenvalue weighted by Gasteiger charge is 2.29. The maximum Gasteiger partial charge on any atom is 0.415 e. The Labute approximate surface area is 171 Å². The number of pyridine rings is 1. The first-order chi connectivity index (χ1) is 13.8. The molecule has 1 atom stereocenters. The van der Waals surface area contributed by atoms with Crippen LogP contribution in [-0.2, 0) is 6.54 Å². The van der Waals surface area contributed by atoms with Crippen molar-refractivity contribution >= 4 is 12.0 Å². The summed E-state index contributed by atoms with van der Waals surface area (Å²) >= 11 is 0. The summed E-state index contributed by atoms with van der Waals surface area (Å²) in [6.45, 7) is 11.0. The summed E-state index contributed by atoms with van der Waals surface area (Å²) in [4.78, 5) is 32.2. The number of carbonyl (C=O) groups excluding carboxylic acids is 2. The number of carbonyl (C=O) groups is 2. The summed E-state index contributed by atoms with van der Waals surface area (Å²) in [6, 6.07) is 6.38. The number of ether oxygens (including phenoxy) is 1. The third-order valence-electron chi connectivity index (χ3n) is 5.69. The molecule has 0 radical (unpaired) electrons. The van der Waals surface area contributed by atoms with Crippen LogP contribution in [0.15, 0.2) is 30.6 Å². The van der Waals surface area contributed by atoms with E-state index < -0.39 is 12.0 Å². The van der Waals surface area contributed by atoms with Gasteiger partial charge in [0.05, 0.1) is 11.8 Å². The molecule has 2 aromatic rings. The van der Waals surface area contributed by atoms with Gasteiger partial charge in [-0.2, -0.15) is 0 Å². The topological polar surface area (TPSA) is 88.8 Å². The molecule has 1 aromatic heterocycles. The van der Waals surface area contributed by atoms with E-state index in [1.807, 2.05) is 6.92 Å². The summed E-state index contributed by atoms with van der Waals surface area (Å²) in [7, 11) is 0. The van der Waals surface area contributed by atoms with Gasteiger partial charge >= 0.3 is 6.09 Å². The Balaban J connectivity index is 1.64. The molecule has 0 aliphatic carbocycles. The Morgan fingerprint density at radius 3 is 2.62 bits per heavy atom. The molecule has 1 aliphatic rings. The molecule has 1 saturated heterocycles. The second-order valence-electron chi connectivity index (χ2n) is 7.68. The van der Waals surface area contributed by atoms with Crippen molar-refractivity contribution in [1.82, 2.24) is 14.8 Å². The van der Waals surface area contributed by atoms with Crippen molar-refractivity contribution in [2.24, 2.45) is 5.73 Å². The standard InChI is InChI=1S/C22H28N4O3/c1-14-6-5-7-18(16(14)3)13-25-8-9-26(15(2)12-25)22(28)29-20-11-24-10-19(17(20)4)21(23)27/h5-7,10-11,15H,8-9,12-13H2,1-4H3,(H2,23,27)/t15-/m1/s1. The maximum absolute atomic E-state index is 12.7. The van der Waals surface area contributed by atoms with Gasteiger partial charge in [0.15, 0.2) is 5.75 Å². The zero-order valence-electron chi connectivity index (χ0n) is 17.4. The average Bonchev–Trinajstić information content (AvgIpc) is 2.67. The van der Waals surface area contributed by atoms with Gasteiger partial charge in [0.1, 0.15) is 0 Å². The molecular weight excluding hydrogens is 368 g/mol. The van der Waals surface area contributed by atoms with Crippen LogP contribution in [0.25, 0.3) is 0 Å². The van der Waals surface area contributed by atoms with Crippen molar-refractivity contribution in [2.45, 2.75) is 40.3 Å². The SMILES string of the molecule is Cc1cccc(CN2CCN(C(=O)Oc3cncc(C(N)=O)c3C)[C@H](C)C2)c1C. The first-order valence-electron chi connectivity index (χ1n) is 9.78. The number of nitrogens with zero attached hydrogens (tertiary/aromatic N) is 3. The highest BCUT2D eigenvalue weighted by Crippen LogP contribution is 2.22. The molecule has 2 amide bonds. The summed E-state index contributed by atoms with van der Waals surface area (Å²) < 4.78 is 5.53. The molecule has 2 heterocycles. The van der Waals surface area contributed by atoms with Crippen molar-refractivity contribution in [2.75, 3.05) is 19.6 Å². The Bertz CT molecular complexity index is 928. The molecule has 154 valence electrons. The van der Waals surface area contributed by atoms with Gasteiger partial charge in [-0.05, 0) is 44.4 Å². The van der Waals surface area contributed by atoms with Crippen molar-refractivity contribution in [1.29, 1.82) is 0 Å². The van der Waals surface area contributed by atoms with E-state index in [0.29, 0.717) is 12.1 Å². The molecule has 1 aliphatic heterocycles. The molecule has 29 heavy (non-hydrogen) atoms. The van der Waals surface area contributed by atoms with Crippen LogP contribution >= 0.6 is 0 Å². The fourth-order valence-corrected chi connectivity index (χ4v) is 3.68. The van der Waals surface area contributed by atoms with Crippen LogP contribution < -0.4 is 10.5 Å². The van der Waals surface area contributed by atoms with E-state index in [0.717, 1.165) is 19.6 Å². The van der Waals surface area contributed by atoms with Crippen LogP contribution in [0.3, 0.4) is 0 Å². The molecule has 7 nitrogen and oxygen atoms in total. The van der Waals surface area contributed by atoms with Crippen LogP contribution in [0.1, 0.15) is 39.5 Å². The Morgan fingerprint density at radius 1 is 1.17 bits per heavy atom. The molecule has 3 rings (SSSR count). The first kappa shape index (κ1) is 20.8. The van der Waals surface area contributed by atoms with Crippen molar-refractivity contribution in [3.63, 3.8) is 0 Å². The number of benzene rings is 1. The summed E-state index contributed by atoms with van der Waals surface area (Å²) in [5, 5.41) is 0. The fourth-order valence-electron chi connectivity index (χ4n) is 3.68. The number of primary amides is 1. The van der Waals surface area contributed by atoms with Gasteiger partial charge in [0.25, 0.3) is 5.91 Å². The summed E-state index contributed by atoms with van der Waals surface area (Å²) in [5.74, 6) is -0.336. The lowest BCUT2D eigenvalue weighted by atomic mass is 10.0. The van der Waals surface area contributed by atoms with E-state index in [-0.39, 0.29) is 17.4 Å². The average molecular weight is 396 g/mol. The number of amides is 2. The molecule has 0 unspecified atom stereocenters. The molecule has 1 fully saturated rings. The minimum atomic E-state index is -0.596. The smallest absolute Gasteiger partial charge is 0.408 e. The van der Waals surface area contributed by atoms with E-state index in [1.54, 1.807) is 11.8 Å². The summed E-state index contributed by atoms with van der Waals surface area (Å²) in [6.07, 6.45) is 2.38. The van der Waals surface area contributed by atoms with E-state index in [1.165, 1.54) is 29.1 Å². The highest BCUT2D eigenvalue weighted by atomic mass is 16.6. The van der Waals surface area contributed by atoms with Crippen LogP contribution in [-0.4, -0.2) is 52.5 Å². The number of piperazine rings is 1. The van der Waals surface area contributed by atoms with Gasteiger partial charge < -0.3 is 15.4 Å². The third-order valence-corrected chi connectivity index (χ3v) is 5.69. The largest absolute Gasteiger partial charge is 0.415 e. The van der Waals surface area contributed by atoms with E-state index >= 15 is 0 Å². The van der Waals surface area contributed by atoms with Gasteiger partial charge in [-0.15, -0.1) is 0 Å². The van der Waals surface area contributed by atoms with E-state index in [9.17, 15) is 9.59 Å². The Morgan fingerprint density at radius 2 is 1.93 bits per heavy atom. The quantitative estimate of drug-likeness (QED) is 0.858. The third kappa shape index (κ3) is 4.56. The lowest BCUT2D eigenvalue weighted by Gasteiger charge is -2.39. The lowest BCUT2D eigenvalue weighted by Crippen LogP contribution is -2.54. The van der Waals surface area contributed by atoms with Crippen LogP contribution in [0.4, 0.5) is 4.79 Å². The molecule has 7 heteroatoms. The van der Waals surface area contributed by atoms with Crippen molar-refractivity contribution in [3.8, 4) is 5.75 Å². The number of nitrogens with two attached hydrogens (primary N) is 1. The molecule has 0 bridgehead atoms. The number of aryl methyl sites for hydroxylation is 1. The maximum atomic E-state index is 12.7. The van der Waals surface area contributed by atoms with Crippen molar-refractivity contribution in [3.05, 3.63) is 58.4 Å². The second kappa shape index (κ2) is 8.61. The summed E-state index contributed by atoms with van der Waals surface area (Å²) in [5.41, 5.74) is 10.0. The molecule has 1 aromatic carbocycles. The second-order valence-corrected chi connectivity index (χ2v) is 7.68. The number of rotatable bonds is 4. The molecule has 2 N–H and O–H groups in total. The minimum Gasteiger partial charge on any atom is -0.408 e. The van der Waals surface area contributed by atoms with Gasteiger partial charge in [0.2, 0.25) is 0 Å². The number of aromatic nitrogens is 1. The van der Waals surface area contributed by atoms with E-state index in [2.05, 4.69) is 41.9 Å². The minimum absolute atomic E-state index is 0.00829. The van der Waals surface area contributed by atoms with Gasteiger partial charge in [-0.3, -0.25) is 14.7 Å². The number of hydrogen-bond acceptors (Lipinski definition) is 5. The predicted octanol–water partition coefficient (Wildman–Crippen LogP) is 2.81. The molecule has 0 saturated carbocycles. The van der Waals surface area contributed by atoms with Crippen LogP contribution in [0, 0.1) is 20.8 Å².